The lowest BCUT2D eigenvalue weighted by Gasteiger charge is -2.08. The van der Waals surface area contributed by atoms with Crippen LogP contribution in [-0.4, -0.2) is 62.3 Å². The number of aryl methyl sites for hydroxylation is 1. The fourth-order valence-corrected chi connectivity index (χ4v) is 3.64. The summed E-state index contributed by atoms with van der Waals surface area (Å²) in [5.41, 5.74) is 0.608. The summed E-state index contributed by atoms with van der Waals surface area (Å²) in [6.45, 7) is -0.637. The quantitative estimate of drug-likeness (QED) is 0.479. The van der Waals surface area contributed by atoms with E-state index in [2.05, 4.69) is 10.0 Å². The van der Waals surface area contributed by atoms with E-state index in [0.29, 0.717) is 0 Å². The molecule has 0 saturated carbocycles. The SMILES string of the molecule is CNS(=O)(=O)c1cc(C(=O)OCC(=O)Nc2ccc3c(c2)C(=O)N(C)C3=O)n(C)c1. The van der Waals surface area contributed by atoms with Crippen LogP contribution in [0.4, 0.5) is 5.69 Å². The van der Waals surface area contributed by atoms with Crippen molar-refractivity contribution in [2.75, 3.05) is 26.0 Å². The number of aromatic nitrogens is 1. The van der Waals surface area contributed by atoms with E-state index in [1.54, 1.807) is 0 Å². The number of anilines is 1. The van der Waals surface area contributed by atoms with Crippen LogP contribution in [-0.2, 0) is 26.6 Å². The summed E-state index contributed by atoms with van der Waals surface area (Å²) in [5.74, 6) is -2.47. The molecule has 1 aliphatic rings. The fourth-order valence-electron chi connectivity index (χ4n) is 2.84. The molecule has 1 aromatic heterocycles. The summed E-state index contributed by atoms with van der Waals surface area (Å²) in [7, 11) is 0.329. The summed E-state index contributed by atoms with van der Waals surface area (Å²) >= 11 is 0. The van der Waals surface area contributed by atoms with Crippen LogP contribution in [0.1, 0.15) is 31.2 Å². The van der Waals surface area contributed by atoms with Gasteiger partial charge in [-0.25, -0.2) is 17.9 Å². The number of nitrogens with one attached hydrogen (secondary N) is 2. The van der Waals surface area contributed by atoms with E-state index in [1.165, 1.54) is 50.1 Å². The van der Waals surface area contributed by atoms with Crippen LogP contribution in [0.3, 0.4) is 0 Å². The van der Waals surface area contributed by atoms with Gasteiger partial charge in [0.05, 0.1) is 11.1 Å². The maximum atomic E-state index is 12.2. The van der Waals surface area contributed by atoms with Crippen molar-refractivity contribution in [3.63, 3.8) is 0 Å². The Labute approximate surface area is 171 Å². The zero-order valence-electron chi connectivity index (χ0n) is 16.3. The van der Waals surface area contributed by atoms with Crippen LogP contribution in [0.2, 0.25) is 0 Å². The molecule has 12 heteroatoms. The number of hydrogen-bond donors (Lipinski definition) is 2. The molecule has 11 nitrogen and oxygen atoms in total. The van der Waals surface area contributed by atoms with Crippen LogP contribution >= 0.6 is 0 Å². The lowest BCUT2D eigenvalue weighted by Crippen LogP contribution is -2.24. The second-order valence-electron chi connectivity index (χ2n) is 6.43. The first kappa shape index (κ1) is 21.2. The predicted molar refractivity (Wildman–Crippen MR) is 103 cm³/mol. The zero-order valence-corrected chi connectivity index (χ0v) is 17.1. The van der Waals surface area contributed by atoms with Gasteiger partial charge >= 0.3 is 5.97 Å². The average Bonchev–Trinajstić information content (AvgIpc) is 3.21. The van der Waals surface area contributed by atoms with Crippen molar-refractivity contribution in [3.05, 3.63) is 47.3 Å². The number of benzene rings is 1. The molecule has 2 heterocycles. The van der Waals surface area contributed by atoms with Gasteiger partial charge in [0.2, 0.25) is 10.0 Å². The van der Waals surface area contributed by atoms with Crippen LogP contribution in [0.15, 0.2) is 35.4 Å². The lowest BCUT2D eigenvalue weighted by molar-refractivity contribution is -0.119. The van der Waals surface area contributed by atoms with Gasteiger partial charge in [0, 0.05) is 26.0 Å². The molecule has 3 rings (SSSR count). The Hall–Kier alpha value is -3.51. The van der Waals surface area contributed by atoms with Crippen molar-refractivity contribution in [3.8, 4) is 0 Å². The smallest absolute Gasteiger partial charge is 0.355 e. The minimum Gasteiger partial charge on any atom is -0.451 e. The summed E-state index contributed by atoms with van der Waals surface area (Å²) in [6, 6.07) is 5.37. The Balaban J connectivity index is 1.64. The van der Waals surface area contributed by atoms with E-state index in [-0.39, 0.29) is 27.4 Å². The third-order valence-electron chi connectivity index (χ3n) is 4.48. The molecule has 2 aromatic rings. The maximum absolute atomic E-state index is 12.2. The standard InChI is InChI=1S/C18H18N4O7S/c1-19-30(27,28)11-7-14(21(2)8-11)18(26)29-9-15(23)20-10-4-5-12-13(6-10)17(25)22(3)16(12)24/h4-8,19H,9H2,1-3H3,(H,20,23). The number of imide groups is 1. The third kappa shape index (κ3) is 3.82. The molecule has 0 bridgehead atoms. The minimum absolute atomic E-state index is 0.0543. The predicted octanol–water partition coefficient (Wildman–Crippen LogP) is -0.0455. The Morgan fingerprint density at radius 3 is 2.40 bits per heavy atom. The van der Waals surface area contributed by atoms with Crippen molar-refractivity contribution in [1.82, 2.24) is 14.2 Å². The van der Waals surface area contributed by atoms with Crippen LogP contribution in [0.25, 0.3) is 0 Å². The summed E-state index contributed by atoms with van der Waals surface area (Å²) in [5, 5.41) is 2.47. The molecular weight excluding hydrogens is 416 g/mol. The second-order valence-corrected chi connectivity index (χ2v) is 8.32. The number of rotatable bonds is 6. The fraction of sp³-hybridized carbons (Fsp3) is 0.222. The highest BCUT2D eigenvalue weighted by molar-refractivity contribution is 7.89. The molecule has 2 N–H and O–H groups in total. The number of carbonyl (C=O) groups is 4. The maximum Gasteiger partial charge on any atom is 0.355 e. The van der Waals surface area contributed by atoms with Crippen molar-refractivity contribution in [2.24, 2.45) is 7.05 Å². The van der Waals surface area contributed by atoms with Crippen LogP contribution in [0, 0.1) is 0 Å². The molecular formula is C18H18N4O7S. The number of esters is 1. The molecule has 0 radical (unpaired) electrons. The molecule has 3 amide bonds. The topological polar surface area (TPSA) is 144 Å². The van der Waals surface area contributed by atoms with Crippen LogP contribution < -0.4 is 10.0 Å². The Bertz CT molecular complexity index is 1180. The first-order chi connectivity index (χ1) is 14.0. The number of fused-ring (bicyclic) bond motifs is 1. The number of nitrogens with zero attached hydrogens (tertiary/aromatic N) is 2. The van der Waals surface area contributed by atoms with E-state index >= 15 is 0 Å². The van der Waals surface area contributed by atoms with E-state index in [4.69, 9.17) is 4.74 Å². The number of ether oxygens (including phenoxy) is 1. The minimum atomic E-state index is -3.74. The first-order valence-corrected chi connectivity index (χ1v) is 10.1. The van der Waals surface area contributed by atoms with E-state index in [0.717, 1.165) is 11.0 Å². The summed E-state index contributed by atoms with van der Waals surface area (Å²) in [4.78, 5) is 49.0. The summed E-state index contributed by atoms with van der Waals surface area (Å²) in [6.07, 6.45) is 1.24. The highest BCUT2D eigenvalue weighted by Crippen LogP contribution is 2.24. The van der Waals surface area contributed by atoms with Crippen LogP contribution in [0.5, 0.6) is 0 Å². The highest BCUT2D eigenvalue weighted by atomic mass is 32.2. The summed E-state index contributed by atoms with van der Waals surface area (Å²) < 4.78 is 32.0. The molecule has 0 atom stereocenters. The molecule has 0 saturated heterocycles. The van der Waals surface area contributed by atoms with Crippen molar-refractivity contribution in [1.29, 1.82) is 0 Å². The van der Waals surface area contributed by atoms with E-state index < -0.39 is 40.3 Å². The van der Waals surface area contributed by atoms with Crippen molar-refractivity contribution >= 4 is 39.4 Å². The second kappa shape index (κ2) is 7.72. The Kier molecular flexibility index (Phi) is 5.46. The van der Waals surface area contributed by atoms with Gasteiger partial charge in [-0.3, -0.25) is 19.3 Å². The number of sulfonamides is 1. The van der Waals surface area contributed by atoms with Crippen molar-refractivity contribution < 1.29 is 32.3 Å². The normalized spacial score (nSPS) is 13.4. The Morgan fingerprint density at radius 2 is 1.73 bits per heavy atom. The number of carbonyl (C=O) groups excluding carboxylic acids is 4. The monoisotopic (exact) mass is 434 g/mol. The number of amides is 3. The van der Waals surface area contributed by atoms with Gasteiger partial charge < -0.3 is 14.6 Å². The Morgan fingerprint density at radius 1 is 1.07 bits per heavy atom. The molecule has 30 heavy (non-hydrogen) atoms. The molecule has 1 aliphatic heterocycles. The molecule has 0 aliphatic carbocycles. The van der Waals surface area contributed by atoms with Gasteiger partial charge in [-0.2, -0.15) is 0 Å². The highest BCUT2D eigenvalue weighted by Gasteiger charge is 2.32. The molecule has 0 fully saturated rings. The van der Waals surface area contributed by atoms with Gasteiger partial charge in [-0.15, -0.1) is 0 Å². The molecule has 158 valence electrons. The van der Waals surface area contributed by atoms with Gasteiger partial charge in [-0.1, -0.05) is 0 Å². The van der Waals surface area contributed by atoms with Gasteiger partial charge in [0.25, 0.3) is 17.7 Å². The van der Waals surface area contributed by atoms with Crippen molar-refractivity contribution in [2.45, 2.75) is 4.90 Å². The largest absolute Gasteiger partial charge is 0.451 e. The van der Waals surface area contributed by atoms with Gasteiger partial charge in [0.1, 0.15) is 10.6 Å². The van der Waals surface area contributed by atoms with E-state index in [1.807, 2.05) is 0 Å². The average molecular weight is 434 g/mol. The third-order valence-corrected chi connectivity index (χ3v) is 5.86. The van der Waals surface area contributed by atoms with Gasteiger partial charge in [-0.05, 0) is 31.3 Å². The zero-order chi connectivity index (χ0) is 22.2. The lowest BCUT2D eigenvalue weighted by atomic mass is 10.1. The molecule has 0 spiro atoms. The molecule has 0 unspecified atom stereocenters. The first-order valence-electron chi connectivity index (χ1n) is 8.58. The van der Waals surface area contributed by atoms with Gasteiger partial charge in [0.15, 0.2) is 6.61 Å². The molecule has 1 aromatic carbocycles. The number of hydrogen-bond acceptors (Lipinski definition) is 7. The van der Waals surface area contributed by atoms with E-state index in [9.17, 15) is 27.6 Å².